The lowest BCUT2D eigenvalue weighted by Crippen LogP contribution is -2.56. The zero-order chi connectivity index (χ0) is 20.9. The van der Waals surface area contributed by atoms with Crippen molar-refractivity contribution >= 4 is 11.8 Å². The molecule has 0 radical (unpaired) electrons. The molecule has 4 rings (SSSR count). The maximum atomic E-state index is 13.1. The Morgan fingerprint density at radius 3 is 2.67 bits per heavy atom. The molecule has 3 aliphatic heterocycles. The van der Waals surface area contributed by atoms with Gasteiger partial charge in [0.15, 0.2) is 0 Å². The van der Waals surface area contributed by atoms with Crippen molar-refractivity contribution in [1.82, 2.24) is 24.6 Å². The molecule has 0 aliphatic carbocycles. The molecule has 2 amide bonds. The van der Waals surface area contributed by atoms with Crippen LogP contribution in [0.2, 0.25) is 0 Å². The average Bonchev–Trinajstić information content (AvgIpc) is 2.80. The van der Waals surface area contributed by atoms with Crippen LogP contribution in [0.5, 0.6) is 0 Å². The Hall–Kier alpha value is -1.99. The minimum absolute atomic E-state index is 0.0492. The zero-order valence-corrected chi connectivity index (χ0v) is 18.2. The lowest BCUT2D eigenvalue weighted by molar-refractivity contribution is -0.148. The molecule has 1 aromatic heterocycles. The van der Waals surface area contributed by atoms with Crippen LogP contribution in [-0.2, 0) is 16.1 Å². The molecule has 0 N–H and O–H groups in total. The van der Waals surface area contributed by atoms with Crippen LogP contribution >= 0.6 is 0 Å². The number of hydrogen-bond donors (Lipinski definition) is 0. The molecule has 7 heteroatoms. The summed E-state index contributed by atoms with van der Waals surface area (Å²) in [6, 6.07) is 4.72. The number of carbonyl (C=O) groups is 2. The molecule has 1 aromatic rings. The molecule has 3 saturated heterocycles. The summed E-state index contributed by atoms with van der Waals surface area (Å²) < 4.78 is 0. The fourth-order valence-corrected chi connectivity index (χ4v) is 5.22. The van der Waals surface area contributed by atoms with E-state index in [0.29, 0.717) is 19.1 Å². The Kier molecular flexibility index (Phi) is 7.00. The SMILES string of the molecule is CCN1CCN(C(=O)C2CCCN(C3CCN(Cc4cccnc4)CC3)C2)CC1=O. The molecule has 1 unspecified atom stereocenters. The van der Waals surface area contributed by atoms with E-state index in [9.17, 15) is 9.59 Å². The van der Waals surface area contributed by atoms with E-state index in [4.69, 9.17) is 0 Å². The Labute approximate surface area is 180 Å². The summed E-state index contributed by atoms with van der Waals surface area (Å²) in [4.78, 5) is 38.2. The summed E-state index contributed by atoms with van der Waals surface area (Å²) in [6.45, 7) is 9.47. The second-order valence-corrected chi connectivity index (χ2v) is 8.94. The Bertz CT molecular complexity index is 720. The van der Waals surface area contributed by atoms with Gasteiger partial charge in [-0.15, -0.1) is 0 Å². The van der Waals surface area contributed by atoms with E-state index in [1.807, 2.05) is 30.3 Å². The van der Waals surface area contributed by atoms with Gasteiger partial charge in [0.25, 0.3) is 0 Å². The Balaban J connectivity index is 1.26. The number of nitrogens with zero attached hydrogens (tertiary/aromatic N) is 5. The van der Waals surface area contributed by atoms with Crippen LogP contribution in [0.25, 0.3) is 0 Å². The summed E-state index contributed by atoms with van der Waals surface area (Å²) in [5.41, 5.74) is 1.28. The molecule has 3 aliphatic rings. The fraction of sp³-hybridized carbons (Fsp3) is 0.696. The van der Waals surface area contributed by atoms with E-state index in [-0.39, 0.29) is 24.3 Å². The first-order valence-corrected chi connectivity index (χ1v) is 11.6. The van der Waals surface area contributed by atoms with Gasteiger partial charge in [0.1, 0.15) is 0 Å². The highest BCUT2D eigenvalue weighted by atomic mass is 16.2. The highest BCUT2D eigenvalue weighted by Gasteiger charge is 2.35. The maximum Gasteiger partial charge on any atom is 0.242 e. The number of piperidine rings is 2. The van der Waals surface area contributed by atoms with Gasteiger partial charge in [-0.25, -0.2) is 0 Å². The van der Waals surface area contributed by atoms with Crippen molar-refractivity contribution in [2.75, 3.05) is 52.4 Å². The molecular formula is C23H35N5O2. The first kappa shape index (κ1) is 21.2. The topological polar surface area (TPSA) is 60.0 Å². The van der Waals surface area contributed by atoms with Crippen molar-refractivity contribution in [2.24, 2.45) is 5.92 Å². The molecule has 0 saturated carbocycles. The first-order chi connectivity index (χ1) is 14.6. The monoisotopic (exact) mass is 413 g/mol. The van der Waals surface area contributed by atoms with Crippen molar-refractivity contribution in [2.45, 2.75) is 45.2 Å². The third-order valence-corrected chi connectivity index (χ3v) is 7.02. The Morgan fingerprint density at radius 1 is 1.13 bits per heavy atom. The van der Waals surface area contributed by atoms with E-state index in [1.54, 1.807) is 4.90 Å². The predicted octanol–water partition coefficient (Wildman–Crippen LogP) is 1.45. The quantitative estimate of drug-likeness (QED) is 0.731. The minimum atomic E-state index is 0.0492. The van der Waals surface area contributed by atoms with E-state index in [1.165, 1.54) is 5.56 Å². The van der Waals surface area contributed by atoms with Crippen molar-refractivity contribution in [3.05, 3.63) is 30.1 Å². The number of piperazine rings is 1. The lowest BCUT2D eigenvalue weighted by Gasteiger charge is -2.43. The number of likely N-dealkylation sites (N-methyl/N-ethyl adjacent to an activating group) is 1. The average molecular weight is 414 g/mol. The fourth-order valence-electron chi connectivity index (χ4n) is 5.22. The van der Waals surface area contributed by atoms with Gasteiger partial charge in [0.2, 0.25) is 11.8 Å². The summed E-state index contributed by atoms with van der Waals surface area (Å²) in [5.74, 6) is 0.330. The third kappa shape index (κ3) is 5.01. The van der Waals surface area contributed by atoms with Crippen molar-refractivity contribution in [3.8, 4) is 0 Å². The van der Waals surface area contributed by atoms with Crippen LogP contribution in [0.15, 0.2) is 24.5 Å². The zero-order valence-electron chi connectivity index (χ0n) is 18.2. The molecule has 164 valence electrons. The number of likely N-dealkylation sites (tertiary alicyclic amines) is 2. The number of hydrogen-bond acceptors (Lipinski definition) is 5. The van der Waals surface area contributed by atoms with Gasteiger partial charge in [0, 0.05) is 51.2 Å². The number of aromatic nitrogens is 1. The van der Waals surface area contributed by atoms with Crippen molar-refractivity contribution < 1.29 is 9.59 Å². The number of pyridine rings is 1. The van der Waals surface area contributed by atoms with E-state index < -0.39 is 0 Å². The summed E-state index contributed by atoms with van der Waals surface area (Å²) in [5, 5.41) is 0. The molecule has 0 spiro atoms. The van der Waals surface area contributed by atoms with Crippen molar-refractivity contribution in [1.29, 1.82) is 0 Å². The molecule has 0 bridgehead atoms. The first-order valence-electron chi connectivity index (χ1n) is 11.6. The molecule has 0 aromatic carbocycles. The largest absolute Gasteiger partial charge is 0.340 e. The highest BCUT2D eigenvalue weighted by Crippen LogP contribution is 2.26. The van der Waals surface area contributed by atoms with Gasteiger partial charge in [-0.05, 0) is 63.9 Å². The molecule has 30 heavy (non-hydrogen) atoms. The molecule has 7 nitrogen and oxygen atoms in total. The second kappa shape index (κ2) is 9.88. The van der Waals surface area contributed by atoms with Crippen LogP contribution in [0, 0.1) is 5.92 Å². The minimum Gasteiger partial charge on any atom is -0.340 e. The van der Waals surface area contributed by atoms with E-state index in [0.717, 1.165) is 65.0 Å². The Morgan fingerprint density at radius 2 is 1.97 bits per heavy atom. The summed E-state index contributed by atoms with van der Waals surface area (Å²) in [7, 11) is 0. The van der Waals surface area contributed by atoms with Gasteiger partial charge in [0.05, 0.1) is 12.5 Å². The van der Waals surface area contributed by atoms with Crippen LogP contribution < -0.4 is 0 Å². The van der Waals surface area contributed by atoms with Gasteiger partial charge in [-0.3, -0.25) is 24.4 Å². The van der Waals surface area contributed by atoms with Crippen LogP contribution in [0.1, 0.15) is 38.2 Å². The van der Waals surface area contributed by atoms with E-state index in [2.05, 4.69) is 20.9 Å². The number of carbonyl (C=O) groups excluding carboxylic acids is 2. The maximum absolute atomic E-state index is 13.1. The molecular weight excluding hydrogens is 378 g/mol. The van der Waals surface area contributed by atoms with Crippen LogP contribution in [0.3, 0.4) is 0 Å². The second-order valence-electron chi connectivity index (χ2n) is 8.94. The molecule has 3 fully saturated rings. The molecule has 1 atom stereocenters. The highest BCUT2D eigenvalue weighted by molar-refractivity contribution is 5.87. The van der Waals surface area contributed by atoms with Crippen LogP contribution in [-0.4, -0.2) is 94.8 Å². The third-order valence-electron chi connectivity index (χ3n) is 7.02. The standard InChI is InChI=1S/C23H35N5O2/c1-2-26-13-14-28(18-22(26)29)23(30)20-6-4-10-27(17-20)21-7-11-25(12-8-21)16-19-5-3-9-24-15-19/h3,5,9,15,20-21H,2,4,6-8,10-14,16-18H2,1H3. The molecule has 4 heterocycles. The summed E-state index contributed by atoms with van der Waals surface area (Å²) >= 11 is 0. The van der Waals surface area contributed by atoms with Gasteiger partial charge >= 0.3 is 0 Å². The summed E-state index contributed by atoms with van der Waals surface area (Å²) in [6.07, 6.45) is 8.14. The van der Waals surface area contributed by atoms with Crippen molar-refractivity contribution in [3.63, 3.8) is 0 Å². The van der Waals surface area contributed by atoms with E-state index >= 15 is 0 Å². The lowest BCUT2D eigenvalue weighted by atomic mass is 9.92. The van der Waals surface area contributed by atoms with Crippen LogP contribution in [0.4, 0.5) is 0 Å². The van der Waals surface area contributed by atoms with Gasteiger partial charge in [-0.2, -0.15) is 0 Å². The number of amides is 2. The smallest absolute Gasteiger partial charge is 0.242 e. The normalized spacial score (nSPS) is 25.0. The number of rotatable bonds is 5. The van der Waals surface area contributed by atoms with Gasteiger partial charge in [-0.1, -0.05) is 6.07 Å². The van der Waals surface area contributed by atoms with Gasteiger partial charge < -0.3 is 9.80 Å². The predicted molar refractivity (Wildman–Crippen MR) is 116 cm³/mol.